The highest BCUT2D eigenvalue weighted by molar-refractivity contribution is 6.07. The zero-order valence-electron chi connectivity index (χ0n) is 11.7. The van der Waals surface area contributed by atoms with E-state index in [0.717, 1.165) is 5.56 Å². The van der Waals surface area contributed by atoms with Crippen LogP contribution in [0.2, 0.25) is 0 Å². The maximum absolute atomic E-state index is 12.4. The van der Waals surface area contributed by atoms with Crippen molar-refractivity contribution in [3.8, 4) is 0 Å². The van der Waals surface area contributed by atoms with E-state index in [-0.39, 0.29) is 17.2 Å². The summed E-state index contributed by atoms with van der Waals surface area (Å²) in [5.74, 6) is -1.33. The van der Waals surface area contributed by atoms with Gasteiger partial charge in [-0.2, -0.15) is 0 Å². The Morgan fingerprint density at radius 3 is 2.48 bits per heavy atom. The molecule has 0 fully saturated rings. The number of nitrogen functional groups attached to an aromatic ring is 1. The number of carbonyl (C=O) groups excluding carboxylic acids is 1. The number of pyridine rings is 1. The largest absolute Gasteiger partial charge is 0.478 e. The average Bonchev–Trinajstić information content (AvgIpc) is 2.45. The molecule has 6 nitrogen and oxygen atoms in total. The number of hydrogen-bond donors (Lipinski definition) is 2. The number of aryl methyl sites for hydroxylation is 1. The number of hydrogen-bond acceptors (Lipinski definition) is 4. The van der Waals surface area contributed by atoms with Gasteiger partial charge in [-0.1, -0.05) is 0 Å². The quantitative estimate of drug-likeness (QED) is 0.840. The van der Waals surface area contributed by atoms with E-state index in [1.807, 2.05) is 6.92 Å². The van der Waals surface area contributed by atoms with Crippen molar-refractivity contribution >= 4 is 23.3 Å². The molecule has 2 aromatic rings. The Morgan fingerprint density at radius 2 is 1.90 bits per heavy atom. The lowest BCUT2D eigenvalue weighted by Crippen LogP contribution is -2.27. The molecule has 0 spiro atoms. The summed E-state index contributed by atoms with van der Waals surface area (Å²) in [6, 6.07) is 5.98. The highest BCUT2D eigenvalue weighted by Gasteiger charge is 2.17. The zero-order valence-corrected chi connectivity index (χ0v) is 11.7. The summed E-state index contributed by atoms with van der Waals surface area (Å²) >= 11 is 0. The van der Waals surface area contributed by atoms with E-state index in [0.29, 0.717) is 11.3 Å². The van der Waals surface area contributed by atoms with Gasteiger partial charge in [0.1, 0.15) is 0 Å². The summed E-state index contributed by atoms with van der Waals surface area (Å²) < 4.78 is 0. The molecule has 21 heavy (non-hydrogen) atoms. The Labute approximate surface area is 121 Å². The second-order valence-corrected chi connectivity index (χ2v) is 4.69. The summed E-state index contributed by atoms with van der Waals surface area (Å²) in [6.45, 7) is 1.85. The van der Waals surface area contributed by atoms with Crippen molar-refractivity contribution in [1.82, 2.24) is 4.98 Å². The third-order valence-electron chi connectivity index (χ3n) is 3.06. The first-order valence-corrected chi connectivity index (χ1v) is 6.22. The van der Waals surface area contributed by atoms with E-state index in [1.165, 1.54) is 29.3 Å². The molecule has 0 aliphatic rings. The number of carbonyl (C=O) groups is 2. The number of aromatic carboxylic acids is 1. The van der Waals surface area contributed by atoms with Crippen LogP contribution in [0.4, 0.5) is 11.4 Å². The standard InChI is InChI=1S/C15H15N3O3/c1-9-5-11(8-17-7-9)14(19)18(2)13-4-3-10(15(20)21)6-12(13)16/h3-8H,16H2,1-2H3,(H,20,21). The molecule has 3 N–H and O–H groups in total. The molecule has 1 heterocycles. The molecular weight excluding hydrogens is 270 g/mol. The fourth-order valence-corrected chi connectivity index (χ4v) is 1.97. The molecule has 0 unspecified atom stereocenters. The third kappa shape index (κ3) is 3.00. The van der Waals surface area contributed by atoms with Gasteiger partial charge in [0.2, 0.25) is 0 Å². The first-order valence-electron chi connectivity index (χ1n) is 6.22. The Kier molecular flexibility index (Phi) is 3.89. The smallest absolute Gasteiger partial charge is 0.335 e. The number of nitrogens with two attached hydrogens (primary N) is 1. The lowest BCUT2D eigenvalue weighted by molar-refractivity contribution is 0.0697. The molecule has 1 aromatic heterocycles. The molecule has 0 aliphatic heterocycles. The van der Waals surface area contributed by atoms with E-state index in [2.05, 4.69) is 4.98 Å². The van der Waals surface area contributed by atoms with E-state index >= 15 is 0 Å². The molecule has 6 heteroatoms. The van der Waals surface area contributed by atoms with Gasteiger partial charge in [-0.15, -0.1) is 0 Å². The Bertz CT molecular complexity index is 713. The second kappa shape index (κ2) is 5.62. The number of rotatable bonds is 3. The topological polar surface area (TPSA) is 96.5 Å². The van der Waals surface area contributed by atoms with Crippen LogP contribution in [-0.4, -0.2) is 29.0 Å². The minimum absolute atomic E-state index is 0.0781. The van der Waals surface area contributed by atoms with Crippen LogP contribution in [-0.2, 0) is 0 Å². The van der Waals surface area contributed by atoms with Crippen LogP contribution in [0.1, 0.15) is 26.3 Å². The lowest BCUT2D eigenvalue weighted by atomic mass is 10.1. The van der Waals surface area contributed by atoms with Gasteiger partial charge in [-0.05, 0) is 36.8 Å². The predicted molar refractivity (Wildman–Crippen MR) is 79.5 cm³/mol. The minimum atomic E-state index is -1.06. The van der Waals surface area contributed by atoms with Crippen molar-refractivity contribution in [2.45, 2.75) is 6.92 Å². The molecule has 2 rings (SSSR count). The van der Waals surface area contributed by atoms with Crippen molar-refractivity contribution in [2.24, 2.45) is 0 Å². The first-order chi connectivity index (χ1) is 9.90. The average molecular weight is 285 g/mol. The van der Waals surface area contributed by atoms with Crippen LogP contribution in [0.15, 0.2) is 36.7 Å². The van der Waals surface area contributed by atoms with Crippen LogP contribution in [0, 0.1) is 6.92 Å². The molecule has 0 aliphatic carbocycles. The van der Waals surface area contributed by atoms with Crippen LogP contribution >= 0.6 is 0 Å². The number of benzene rings is 1. The van der Waals surface area contributed by atoms with Crippen LogP contribution in [0.5, 0.6) is 0 Å². The van der Waals surface area contributed by atoms with Crippen LogP contribution in [0.3, 0.4) is 0 Å². The van der Waals surface area contributed by atoms with E-state index in [9.17, 15) is 9.59 Å². The Balaban J connectivity index is 2.33. The van der Waals surface area contributed by atoms with Crippen molar-refractivity contribution in [3.05, 3.63) is 53.3 Å². The summed E-state index contributed by atoms with van der Waals surface area (Å²) in [7, 11) is 1.58. The first kappa shape index (κ1) is 14.5. The summed E-state index contributed by atoms with van der Waals surface area (Å²) in [4.78, 5) is 28.6. The number of nitrogens with zero attached hydrogens (tertiary/aromatic N) is 2. The van der Waals surface area contributed by atoms with E-state index < -0.39 is 5.97 Å². The van der Waals surface area contributed by atoms with Crippen molar-refractivity contribution in [2.75, 3.05) is 17.7 Å². The molecular formula is C15H15N3O3. The van der Waals surface area contributed by atoms with Gasteiger partial charge >= 0.3 is 5.97 Å². The molecule has 0 saturated carbocycles. The zero-order chi connectivity index (χ0) is 15.6. The SMILES string of the molecule is Cc1cncc(C(=O)N(C)c2ccc(C(=O)O)cc2N)c1. The molecule has 108 valence electrons. The van der Waals surface area contributed by atoms with E-state index in [4.69, 9.17) is 10.8 Å². The van der Waals surface area contributed by atoms with Gasteiger partial charge in [-0.3, -0.25) is 9.78 Å². The van der Waals surface area contributed by atoms with Gasteiger partial charge in [0, 0.05) is 19.4 Å². The van der Waals surface area contributed by atoms with Gasteiger partial charge in [0.25, 0.3) is 5.91 Å². The monoisotopic (exact) mass is 285 g/mol. The number of aromatic nitrogens is 1. The van der Waals surface area contributed by atoms with Gasteiger partial charge in [0.05, 0.1) is 22.5 Å². The number of carboxylic acid groups (broad SMARTS) is 1. The lowest BCUT2D eigenvalue weighted by Gasteiger charge is -2.19. The highest BCUT2D eigenvalue weighted by Crippen LogP contribution is 2.24. The fourth-order valence-electron chi connectivity index (χ4n) is 1.97. The molecule has 0 bridgehead atoms. The summed E-state index contributed by atoms with van der Waals surface area (Å²) in [6.07, 6.45) is 3.14. The number of amides is 1. The molecule has 1 aromatic carbocycles. The third-order valence-corrected chi connectivity index (χ3v) is 3.06. The Morgan fingerprint density at radius 1 is 1.19 bits per heavy atom. The highest BCUT2D eigenvalue weighted by atomic mass is 16.4. The van der Waals surface area contributed by atoms with Crippen molar-refractivity contribution in [1.29, 1.82) is 0 Å². The van der Waals surface area contributed by atoms with Crippen molar-refractivity contribution < 1.29 is 14.7 Å². The maximum Gasteiger partial charge on any atom is 0.335 e. The second-order valence-electron chi connectivity index (χ2n) is 4.69. The van der Waals surface area contributed by atoms with Gasteiger partial charge in [0.15, 0.2) is 0 Å². The van der Waals surface area contributed by atoms with Crippen LogP contribution in [0.25, 0.3) is 0 Å². The predicted octanol–water partition coefficient (Wildman–Crippen LogP) is 1.95. The van der Waals surface area contributed by atoms with Gasteiger partial charge in [-0.25, -0.2) is 4.79 Å². The maximum atomic E-state index is 12.4. The summed E-state index contributed by atoms with van der Waals surface area (Å²) in [5.41, 5.74) is 7.91. The molecule has 0 saturated heterocycles. The summed E-state index contributed by atoms with van der Waals surface area (Å²) in [5, 5.41) is 8.91. The number of anilines is 2. The fraction of sp³-hybridized carbons (Fsp3) is 0.133. The Hall–Kier alpha value is -2.89. The van der Waals surface area contributed by atoms with Crippen LogP contribution < -0.4 is 10.6 Å². The molecule has 1 amide bonds. The van der Waals surface area contributed by atoms with Crippen molar-refractivity contribution in [3.63, 3.8) is 0 Å². The van der Waals surface area contributed by atoms with E-state index in [1.54, 1.807) is 19.3 Å². The minimum Gasteiger partial charge on any atom is -0.478 e. The molecule has 0 atom stereocenters. The normalized spacial score (nSPS) is 10.2. The number of carboxylic acids is 1. The van der Waals surface area contributed by atoms with Gasteiger partial charge < -0.3 is 15.7 Å². The molecule has 0 radical (unpaired) electrons.